The van der Waals surface area contributed by atoms with Gasteiger partial charge in [0.1, 0.15) is 0 Å². The van der Waals surface area contributed by atoms with Gasteiger partial charge in [0.25, 0.3) is 0 Å². The SMILES string of the molecule is CCNCCNC(=O)C1CC(=O)N(c2cccc(S(N)(=O)=O)c2)C1.Cl. The number of hydrogen-bond donors (Lipinski definition) is 3. The largest absolute Gasteiger partial charge is 0.355 e. The van der Waals surface area contributed by atoms with Crippen LogP contribution in [-0.4, -0.2) is 46.4 Å². The fourth-order valence-electron chi connectivity index (χ4n) is 2.56. The number of carbonyl (C=O) groups excluding carboxylic acids is 2. The number of rotatable bonds is 7. The van der Waals surface area contributed by atoms with Crippen LogP contribution in [0.5, 0.6) is 0 Å². The lowest BCUT2D eigenvalue weighted by atomic mass is 10.1. The highest BCUT2D eigenvalue weighted by atomic mass is 35.5. The lowest BCUT2D eigenvalue weighted by molar-refractivity contribution is -0.126. The first-order valence-electron chi connectivity index (χ1n) is 7.74. The summed E-state index contributed by atoms with van der Waals surface area (Å²) in [5.41, 5.74) is 0.425. The Morgan fingerprint density at radius 1 is 1.36 bits per heavy atom. The molecule has 1 atom stereocenters. The van der Waals surface area contributed by atoms with Crippen LogP contribution in [0.3, 0.4) is 0 Å². The summed E-state index contributed by atoms with van der Waals surface area (Å²) in [6.07, 6.45) is 0.104. The van der Waals surface area contributed by atoms with Crippen molar-refractivity contribution in [2.45, 2.75) is 18.2 Å². The van der Waals surface area contributed by atoms with Gasteiger partial charge in [0.05, 0.1) is 10.8 Å². The Bertz CT molecular complexity index is 726. The van der Waals surface area contributed by atoms with Crippen molar-refractivity contribution in [3.05, 3.63) is 24.3 Å². The first kappa shape index (κ1) is 21.4. The number of likely N-dealkylation sites (N-methyl/N-ethyl adjacent to an activating group) is 1. The molecule has 0 bridgehead atoms. The third-order valence-corrected chi connectivity index (χ3v) is 4.72. The van der Waals surface area contributed by atoms with Crippen LogP contribution in [0.2, 0.25) is 0 Å². The maximum atomic E-state index is 12.2. The van der Waals surface area contributed by atoms with E-state index in [1.54, 1.807) is 6.07 Å². The van der Waals surface area contributed by atoms with Crippen LogP contribution >= 0.6 is 12.4 Å². The molecular weight excluding hydrogens is 368 g/mol. The number of sulfonamides is 1. The molecule has 1 aliphatic heterocycles. The van der Waals surface area contributed by atoms with Gasteiger partial charge in [-0.25, -0.2) is 13.6 Å². The average Bonchev–Trinajstić information content (AvgIpc) is 2.93. The number of benzene rings is 1. The van der Waals surface area contributed by atoms with E-state index in [0.29, 0.717) is 18.8 Å². The highest BCUT2D eigenvalue weighted by Gasteiger charge is 2.35. The van der Waals surface area contributed by atoms with E-state index in [1.165, 1.54) is 23.1 Å². The molecule has 4 N–H and O–H groups in total. The maximum Gasteiger partial charge on any atom is 0.238 e. The van der Waals surface area contributed by atoms with Crippen molar-refractivity contribution in [2.75, 3.05) is 31.1 Å². The zero-order valence-corrected chi connectivity index (χ0v) is 15.5. The highest BCUT2D eigenvalue weighted by molar-refractivity contribution is 7.89. The molecule has 1 saturated heterocycles. The van der Waals surface area contributed by atoms with Gasteiger partial charge >= 0.3 is 0 Å². The monoisotopic (exact) mass is 390 g/mol. The molecule has 1 aromatic carbocycles. The predicted molar refractivity (Wildman–Crippen MR) is 97.1 cm³/mol. The molecule has 2 amide bonds. The van der Waals surface area contributed by atoms with Crippen LogP contribution in [-0.2, 0) is 19.6 Å². The Balaban J connectivity index is 0.00000312. The molecule has 0 aliphatic carbocycles. The first-order valence-corrected chi connectivity index (χ1v) is 9.29. The second kappa shape index (κ2) is 9.14. The Hall–Kier alpha value is -1.68. The fraction of sp³-hybridized carbons (Fsp3) is 0.467. The van der Waals surface area contributed by atoms with Crippen LogP contribution in [0.4, 0.5) is 5.69 Å². The maximum absolute atomic E-state index is 12.2. The predicted octanol–water partition coefficient (Wildman–Crippen LogP) is -0.166. The molecule has 0 radical (unpaired) electrons. The molecule has 0 saturated carbocycles. The van der Waals surface area contributed by atoms with Gasteiger partial charge < -0.3 is 15.5 Å². The van der Waals surface area contributed by atoms with Gasteiger partial charge in [0.15, 0.2) is 0 Å². The zero-order valence-electron chi connectivity index (χ0n) is 13.9. The van der Waals surface area contributed by atoms with Crippen molar-refractivity contribution >= 4 is 39.9 Å². The van der Waals surface area contributed by atoms with Gasteiger partial charge in [-0.15, -0.1) is 12.4 Å². The van der Waals surface area contributed by atoms with Gasteiger partial charge in [-0.1, -0.05) is 13.0 Å². The summed E-state index contributed by atoms with van der Waals surface area (Å²) in [6.45, 7) is 4.19. The molecule has 25 heavy (non-hydrogen) atoms. The van der Waals surface area contributed by atoms with Crippen molar-refractivity contribution in [1.82, 2.24) is 10.6 Å². The molecule has 0 spiro atoms. The summed E-state index contributed by atoms with van der Waals surface area (Å²) in [4.78, 5) is 25.7. The van der Waals surface area contributed by atoms with Gasteiger partial charge in [0.2, 0.25) is 21.8 Å². The molecular formula is C15H23ClN4O4S. The fourth-order valence-corrected chi connectivity index (χ4v) is 3.11. The summed E-state index contributed by atoms with van der Waals surface area (Å²) < 4.78 is 22.9. The van der Waals surface area contributed by atoms with E-state index in [2.05, 4.69) is 10.6 Å². The van der Waals surface area contributed by atoms with E-state index in [9.17, 15) is 18.0 Å². The zero-order chi connectivity index (χ0) is 17.7. The molecule has 1 aliphatic rings. The Morgan fingerprint density at radius 2 is 2.08 bits per heavy atom. The Kier molecular flexibility index (Phi) is 7.81. The second-order valence-electron chi connectivity index (χ2n) is 5.59. The Labute approximate surface area is 153 Å². The smallest absolute Gasteiger partial charge is 0.238 e. The van der Waals surface area contributed by atoms with E-state index >= 15 is 0 Å². The number of primary sulfonamides is 1. The molecule has 1 aromatic rings. The molecule has 140 valence electrons. The number of anilines is 1. The van der Waals surface area contributed by atoms with E-state index in [4.69, 9.17) is 5.14 Å². The van der Waals surface area contributed by atoms with Gasteiger partial charge in [-0.3, -0.25) is 9.59 Å². The van der Waals surface area contributed by atoms with E-state index in [-0.39, 0.29) is 42.1 Å². The van der Waals surface area contributed by atoms with Crippen LogP contribution < -0.4 is 20.7 Å². The summed E-state index contributed by atoms with van der Waals surface area (Å²) >= 11 is 0. The van der Waals surface area contributed by atoms with Crippen molar-refractivity contribution in [1.29, 1.82) is 0 Å². The molecule has 10 heteroatoms. The third-order valence-electron chi connectivity index (χ3n) is 3.80. The van der Waals surface area contributed by atoms with Crippen molar-refractivity contribution in [2.24, 2.45) is 11.1 Å². The minimum absolute atomic E-state index is 0. The number of hydrogen-bond acceptors (Lipinski definition) is 5. The quantitative estimate of drug-likeness (QED) is 0.558. The normalized spacial score (nSPS) is 17.3. The molecule has 0 aromatic heterocycles. The molecule has 1 fully saturated rings. The lowest BCUT2D eigenvalue weighted by Crippen LogP contribution is -2.37. The summed E-state index contributed by atoms with van der Waals surface area (Å²) in [6, 6.07) is 5.85. The first-order chi connectivity index (χ1) is 11.3. The van der Waals surface area contributed by atoms with E-state index in [0.717, 1.165) is 6.54 Å². The van der Waals surface area contributed by atoms with E-state index in [1.807, 2.05) is 6.92 Å². The lowest BCUT2D eigenvalue weighted by Gasteiger charge is -2.17. The second-order valence-corrected chi connectivity index (χ2v) is 7.15. The van der Waals surface area contributed by atoms with Crippen LogP contribution in [0.1, 0.15) is 13.3 Å². The van der Waals surface area contributed by atoms with Crippen molar-refractivity contribution < 1.29 is 18.0 Å². The number of halogens is 1. The summed E-state index contributed by atoms with van der Waals surface area (Å²) in [5, 5.41) is 11.0. The van der Waals surface area contributed by atoms with Crippen LogP contribution in [0.25, 0.3) is 0 Å². The molecule has 1 heterocycles. The Morgan fingerprint density at radius 3 is 2.72 bits per heavy atom. The number of nitrogens with two attached hydrogens (primary N) is 1. The average molecular weight is 391 g/mol. The highest BCUT2D eigenvalue weighted by Crippen LogP contribution is 2.26. The number of nitrogens with zero attached hydrogens (tertiary/aromatic N) is 1. The molecule has 2 rings (SSSR count). The topological polar surface area (TPSA) is 122 Å². The van der Waals surface area contributed by atoms with Crippen LogP contribution in [0, 0.1) is 5.92 Å². The number of carbonyl (C=O) groups is 2. The van der Waals surface area contributed by atoms with Gasteiger partial charge in [-0.05, 0) is 24.7 Å². The third kappa shape index (κ3) is 5.67. The van der Waals surface area contributed by atoms with E-state index < -0.39 is 15.9 Å². The number of amides is 2. The minimum atomic E-state index is -3.84. The van der Waals surface area contributed by atoms with Crippen molar-refractivity contribution in [3.8, 4) is 0 Å². The summed E-state index contributed by atoms with van der Waals surface area (Å²) in [7, 11) is -3.84. The minimum Gasteiger partial charge on any atom is -0.355 e. The molecule has 1 unspecified atom stereocenters. The van der Waals surface area contributed by atoms with Crippen molar-refractivity contribution in [3.63, 3.8) is 0 Å². The standard InChI is InChI=1S/C15H22N4O4S.ClH/c1-2-17-6-7-18-15(21)11-8-14(20)19(10-11)12-4-3-5-13(9-12)24(16,22)23;/h3-5,9,11,17H,2,6-8,10H2,1H3,(H,18,21)(H2,16,22,23);1H. The molecule has 8 nitrogen and oxygen atoms in total. The number of nitrogens with one attached hydrogen (secondary N) is 2. The summed E-state index contributed by atoms with van der Waals surface area (Å²) in [5.74, 6) is -0.836. The van der Waals surface area contributed by atoms with Gasteiger partial charge in [0, 0.05) is 31.7 Å². The van der Waals surface area contributed by atoms with Crippen LogP contribution in [0.15, 0.2) is 29.2 Å². The van der Waals surface area contributed by atoms with Gasteiger partial charge in [-0.2, -0.15) is 0 Å².